The van der Waals surface area contributed by atoms with Crippen molar-refractivity contribution in [2.75, 3.05) is 13.2 Å². The van der Waals surface area contributed by atoms with Crippen LogP contribution >= 0.6 is 0 Å². The van der Waals surface area contributed by atoms with E-state index in [1.54, 1.807) is 0 Å². The molecule has 0 saturated heterocycles. The topological polar surface area (TPSA) is 59.6 Å². The number of alkyl halides is 3. The number of hydrogen-bond donors (Lipinski definition) is 2. The van der Waals surface area contributed by atoms with Crippen molar-refractivity contribution < 1.29 is 17.9 Å². The fourth-order valence-corrected chi connectivity index (χ4v) is 1.49. The Morgan fingerprint density at radius 3 is 2.60 bits per heavy atom. The molecule has 1 aromatic rings. The van der Waals surface area contributed by atoms with E-state index in [0.717, 1.165) is 6.07 Å². The fourth-order valence-electron chi connectivity index (χ4n) is 1.49. The zero-order chi connectivity index (χ0) is 15.2. The van der Waals surface area contributed by atoms with Crippen molar-refractivity contribution in [3.05, 3.63) is 29.8 Å². The average Bonchev–Trinajstić information content (AvgIpc) is 2.33. The molecule has 0 saturated carbocycles. The van der Waals surface area contributed by atoms with Crippen LogP contribution in [-0.2, 0) is 6.18 Å². The van der Waals surface area contributed by atoms with Gasteiger partial charge >= 0.3 is 6.18 Å². The van der Waals surface area contributed by atoms with E-state index in [9.17, 15) is 13.2 Å². The van der Waals surface area contributed by atoms with E-state index in [-0.39, 0.29) is 30.9 Å². The molecule has 0 aromatic heterocycles. The van der Waals surface area contributed by atoms with Gasteiger partial charge in [0.05, 0.1) is 12.1 Å². The van der Waals surface area contributed by atoms with Crippen LogP contribution in [0.25, 0.3) is 0 Å². The zero-order valence-corrected chi connectivity index (χ0v) is 11.4. The number of nitrogens with two attached hydrogens (primary N) is 1. The molecule has 0 fully saturated rings. The molecule has 1 rings (SSSR count). The molecular formula is C13H18F3N3O. The third-order valence-electron chi connectivity index (χ3n) is 2.26. The van der Waals surface area contributed by atoms with Crippen molar-refractivity contribution in [2.45, 2.75) is 26.1 Å². The van der Waals surface area contributed by atoms with Crippen LogP contribution < -0.4 is 15.8 Å². The van der Waals surface area contributed by atoms with E-state index in [4.69, 9.17) is 10.5 Å². The third-order valence-corrected chi connectivity index (χ3v) is 2.26. The summed E-state index contributed by atoms with van der Waals surface area (Å²) in [7, 11) is 0. The summed E-state index contributed by atoms with van der Waals surface area (Å²) in [5.41, 5.74) is 4.76. The standard InChI is InChI=1S/C13H18F3N3O/c1-9(2)19-12(17)18-7-8-20-11-6-4-3-5-10(11)13(14,15)16/h3-6,9H,7-8H2,1-2H3,(H3,17,18,19). The molecule has 112 valence electrons. The van der Waals surface area contributed by atoms with Gasteiger partial charge < -0.3 is 15.8 Å². The van der Waals surface area contributed by atoms with Crippen LogP contribution in [0.2, 0.25) is 0 Å². The first-order chi connectivity index (χ1) is 9.30. The van der Waals surface area contributed by atoms with Gasteiger partial charge in [0.1, 0.15) is 12.4 Å². The van der Waals surface area contributed by atoms with Crippen molar-refractivity contribution in [1.82, 2.24) is 5.32 Å². The Morgan fingerprint density at radius 2 is 2.00 bits per heavy atom. The van der Waals surface area contributed by atoms with Crippen molar-refractivity contribution in [1.29, 1.82) is 0 Å². The van der Waals surface area contributed by atoms with Gasteiger partial charge in [0.15, 0.2) is 5.96 Å². The average molecular weight is 289 g/mol. The summed E-state index contributed by atoms with van der Waals surface area (Å²) in [5, 5.41) is 2.87. The molecule has 0 amide bonds. The predicted molar refractivity (Wildman–Crippen MR) is 71.7 cm³/mol. The van der Waals surface area contributed by atoms with E-state index in [2.05, 4.69) is 10.3 Å². The minimum atomic E-state index is -4.43. The summed E-state index contributed by atoms with van der Waals surface area (Å²) in [6.07, 6.45) is -4.43. The maximum atomic E-state index is 12.7. The van der Waals surface area contributed by atoms with Crippen LogP contribution in [0.4, 0.5) is 13.2 Å². The molecule has 4 nitrogen and oxygen atoms in total. The lowest BCUT2D eigenvalue weighted by atomic mass is 10.2. The fraction of sp³-hybridized carbons (Fsp3) is 0.462. The number of benzene rings is 1. The quantitative estimate of drug-likeness (QED) is 0.497. The molecule has 20 heavy (non-hydrogen) atoms. The highest BCUT2D eigenvalue weighted by atomic mass is 19.4. The highest BCUT2D eigenvalue weighted by molar-refractivity contribution is 5.78. The Balaban J connectivity index is 2.55. The third kappa shape index (κ3) is 5.38. The lowest BCUT2D eigenvalue weighted by Crippen LogP contribution is -2.37. The second-order valence-corrected chi connectivity index (χ2v) is 4.41. The maximum Gasteiger partial charge on any atom is 0.419 e. The summed E-state index contributed by atoms with van der Waals surface area (Å²) >= 11 is 0. The van der Waals surface area contributed by atoms with Crippen molar-refractivity contribution in [3.8, 4) is 5.75 Å². The van der Waals surface area contributed by atoms with E-state index >= 15 is 0 Å². The van der Waals surface area contributed by atoms with E-state index in [0.29, 0.717) is 0 Å². The van der Waals surface area contributed by atoms with Crippen LogP contribution in [0, 0.1) is 0 Å². The minimum absolute atomic E-state index is 0.0214. The SMILES string of the molecule is CC(C)NC(N)=NCCOc1ccccc1C(F)(F)F. The second kappa shape index (κ2) is 7.02. The molecule has 0 radical (unpaired) electrons. The van der Waals surface area contributed by atoms with Gasteiger partial charge in [0, 0.05) is 6.04 Å². The molecular weight excluding hydrogens is 271 g/mol. The van der Waals surface area contributed by atoms with Gasteiger partial charge in [-0.15, -0.1) is 0 Å². The minimum Gasteiger partial charge on any atom is -0.491 e. The number of halogens is 3. The molecule has 0 atom stereocenters. The van der Waals surface area contributed by atoms with Crippen LogP contribution in [0.5, 0.6) is 5.75 Å². The number of hydrogen-bond acceptors (Lipinski definition) is 2. The highest BCUT2D eigenvalue weighted by Gasteiger charge is 2.33. The Hall–Kier alpha value is -1.92. The number of para-hydroxylation sites is 1. The maximum absolute atomic E-state index is 12.7. The van der Waals surface area contributed by atoms with Crippen molar-refractivity contribution in [3.63, 3.8) is 0 Å². The Morgan fingerprint density at radius 1 is 1.35 bits per heavy atom. The smallest absolute Gasteiger partial charge is 0.419 e. The summed E-state index contributed by atoms with van der Waals surface area (Å²) in [5.74, 6) is 0.0401. The molecule has 0 unspecified atom stereocenters. The first-order valence-electron chi connectivity index (χ1n) is 6.16. The molecule has 0 aliphatic carbocycles. The van der Waals surface area contributed by atoms with Gasteiger partial charge in [0.25, 0.3) is 0 Å². The summed E-state index contributed by atoms with van der Waals surface area (Å²) < 4.78 is 43.2. The van der Waals surface area contributed by atoms with E-state index < -0.39 is 11.7 Å². The Bertz CT molecular complexity index is 458. The normalized spacial score (nSPS) is 12.6. The van der Waals surface area contributed by atoms with Gasteiger partial charge in [-0.2, -0.15) is 13.2 Å². The van der Waals surface area contributed by atoms with Crippen LogP contribution in [0.1, 0.15) is 19.4 Å². The summed E-state index contributed by atoms with van der Waals surface area (Å²) in [6.45, 7) is 4.00. The van der Waals surface area contributed by atoms with Crippen LogP contribution in [0.15, 0.2) is 29.3 Å². The monoisotopic (exact) mass is 289 g/mol. The second-order valence-electron chi connectivity index (χ2n) is 4.41. The molecule has 0 bridgehead atoms. The van der Waals surface area contributed by atoms with Gasteiger partial charge in [-0.3, -0.25) is 0 Å². The lowest BCUT2D eigenvalue weighted by molar-refractivity contribution is -0.138. The number of rotatable bonds is 5. The summed E-state index contributed by atoms with van der Waals surface area (Å²) in [4.78, 5) is 3.95. The highest BCUT2D eigenvalue weighted by Crippen LogP contribution is 2.35. The van der Waals surface area contributed by atoms with Gasteiger partial charge in [-0.25, -0.2) is 4.99 Å². The Kier molecular flexibility index (Phi) is 5.66. The molecule has 0 aliphatic rings. The number of nitrogens with one attached hydrogen (secondary N) is 1. The molecule has 0 aliphatic heterocycles. The first kappa shape index (κ1) is 16.1. The molecule has 7 heteroatoms. The number of nitrogens with zero attached hydrogens (tertiary/aromatic N) is 1. The number of aliphatic imine (C=N–C) groups is 1. The molecule has 0 heterocycles. The summed E-state index contributed by atoms with van der Waals surface area (Å²) in [6, 6.07) is 5.21. The predicted octanol–water partition coefficient (Wildman–Crippen LogP) is 2.40. The van der Waals surface area contributed by atoms with E-state index in [1.165, 1.54) is 18.2 Å². The van der Waals surface area contributed by atoms with E-state index in [1.807, 2.05) is 13.8 Å². The van der Waals surface area contributed by atoms with Crippen molar-refractivity contribution in [2.24, 2.45) is 10.7 Å². The Labute approximate surface area is 115 Å². The lowest BCUT2D eigenvalue weighted by Gasteiger charge is -2.13. The van der Waals surface area contributed by atoms with Gasteiger partial charge in [0.2, 0.25) is 0 Å². The van der Waals surface area contributed by atoms with Crippen molar-refractivity contribution >= 4 is 5.96 Å². The molecule has 0 spiro atoms. The zero-order valence-electron chi connectivity index (χ0n) is 11.4. The van der Waals surface area contributed by atoms with Crippen LogP contribution in [0.3, 0.4) is 0 Å². The molecule has 1 aromatic carbocycles. The van der Waals surface area contributed by atoms with Crippen LogP contribution in [-0.4, -0.2) is 25.2 Å². The van der Waals surface area contributed by atoms with Gasteiger partial charge in [-0.1, -0.05) is 12.1 Å². The number of ether oxygens (including phenoxy) is 1. The van der Waals surface area contributed by atoms with Gasteiger partial charge in [-0.05, 0) is 26.0 Å². The first-order valence-corrected chi connectivity index (χ1v) is 6.16. The molecule has 3 N–H and O–H groups in total. The number of guanidine groups is 1. The largest absolute Gasteiger partial charge is 0.491 e.